The van der Waals surface area contributed by atoms with Crippen molar-refractivity contribution in [1.29, 1.82) is 0 Å². The van der Waals surface area contributed by atoms with Crippen LogP contribution in [0.25, 0.3) is 0 Å². The zero-order valence-corrected chi connectivity index (χ0v) is 15.3. The molecular weight excluding hydrogens is 294 g/mol. The van der Waals surface area contributed by atoms with Crippen LogP contribution in [0.1, 0.15) is 44.1 Å². The van der Waals surface area contributed by atoms with Gasteiger partial charge in [0.05, 0.1) is 20.6 Å². The molecule has 0 spiro atoms. The zero-order valence-electron chi connectivity index (χ0n) is 15.3. The van der Waals surface area contributed by atoms with E-state index in [1.54, 1.807) is 0 Å². The molecule has 0 bridgehead atoms. The average molecular weight is 327 g/mol. The van der Waals surface area contributed by atoms with Crippen LogP contribution in [0, 0.1) is 17.8 Å². The fourth-order valence-electron chi connectivity index (χ4n) is 3.67. The van der Waals surface area contributed by atoms with Crippen molar-refractivity contribution >= 4 is 0 Å². The van der Waals surface area contributed by atoms with Gasteiger partial charge < -0.3 is 9.59 Å². The Bertz CT molecular complexity index is 575. The monoisotopic (exact) mass is 326 g/mol. The number of quaternary nitrogens is 1. The number of hydrogen-bond acceptors (Lipinski definition) is 1. The first-order chi connectivity index (χ1) is 11.5. The van der Waals surface area contributed by atoms with Crippen molar-refractivity contribution in [2.24, 2.45) is 5.92 Å². The molecule has 1 aromatic carbocycles. The third kappa shape index (κ3) is 4.97. The van der Waals surface area contributed by atoms with Crippen LogP contribution >= 0.6 is 0 Å². The second-order valence-corrected chi connectivity index (χ2v) is 7.72. The van der Waals surface area contributed by atoms with Gasteiger partial charge in [-0.1, -0.05) is 62.1 Å². The van der Waals surface area contributed by atoms with E-state index in [1.807, 2.05) is 36.4 Å². The minimum absolute atomic E-state index is 0.318. The summed E-state index contributed by atoms with van der Waals surface area (Å²) in [6.45, 7) is 5.49. The summed E-state index contributed by atoms with van der Waals surface area (Å²) in [7, 11) is 4.31. The van der Waals surface area contributed by atoms with E-state index in [0.29, 0.717) is 12.3 Å². The van der Waals surface area contributed by atoms with Crippen LogP contribution in [0.3, 0.4) is 0 Å². The summed E-state index contributed by atoms with van der Waals surface area (Å²) >= 11 is 0. The highest BCUT2D eigenvalue weighted by Gasteiger charge is 2.38. The molecule has 0 amide bonds. The molecule has 0 saturated heterocycles. The molecule has 0 unspecified atom stereocenters. The lowest BCUT2D eigenvalue weighted by Crippen LogP contribution is -2.40. The molecule has 1 fully saturated rings. The lowest BCUT2D eigenvalue weighted by atomic mass is 9.72. The summed E-state index contributed by atoms with van der Waals surface area (Å²) in [6, 6.07) is 10.1. The second-order valence-electron chi connectivity index (χ2n) is 7.72. The highest BCUT2D eigenvalue weighted by molar-refractivity contribution is 5.26. The normalized spacial score (nSPS) is 18.3. The first-order valence-corrected chi connectivity index (χ1v) is 9.14. The quantitative estimate of drug-likeness (QED) is 0.474. The summed E-state index contributed by atoms with van der Waals surface area (Å²) in [4.78, 5) is 0. The molecule has 1 atom stereocenters. The topological polar surface area (TPSA) is 20.2 Å². The SMILES string of the molecule is C=CC[N+](C)(C)CC#CC[C@](O)(c1ccccc1)C1CCCCC1. The van der Waals surface area contributed by atoms with Crippen molar-refractivity contribution in [3.8, 4) is 11.8 Å². The van der Waals surface area contributed by atoms with Crippen molar-refractivity contribution in [3.05, 3.63) is 48.6 Å². The van der Waals surface area contributed by atoms with Gasteiger partial charge in [-0.05, 0) is 36.3 Å². The van der Waals surface area contributed by atoms with Crippen molar-refractivity contribution in [2.45, 2.75) is 44.1 Å². The maximum atomic E-state index is 11.5. The van der Waals surface area contributed by atoms with Gasteiger partial charge in [-0.3, -0.25) is 0 Å². The largest absolute Gasteiger partial charge is 0.384 e. The molecule has 2 nitrogen and oxygen atoms in total. The third-order valence-corrected chi connectivity index (χ3v) is 5.17. The number of rotatable bonds is 6. The van der Waals surface area contributed by atoms with Crippen LogP contribution in [0.2, 0.25) is 0 Å². The predicted octanol–water partition coefficient (Wildman–Crippen LogP) is 4.11. The van der Waals surface area contributed by atoms with Crippen LogP contribution < -0.4 is 0 Å². The highest BCUT2D eigenvalue weighted by Crippen LogP contribution is 2.41. The second kappa shape index (κ2) is 8.51. The summed E-state index contributed by atoms with van der Waals surface area (Å²) in [5.74, 6) is 6.89. The van der Waals surface area contributed by atoms with Gasteiger partial charge in [-0.15, -0.1) is 0 Å². The molecule has 1 aliphatic carbocycles. The van der Waals surface area contributed by atoms with Crippen LogP contribution in [0.15, 0.2) is 43.0 Å². The van der Waals surface area contributed by atoms with E-state index < -0.39 is 5.60 Å². The number of nitrogens with zero attached hydrogens (tertiary/aromatic N) is 1. The van der Waals surface area contributed by atoms with Crippen LogP contribution in [0.5, 0.6) is 0 Å². The maximum absolute atomic E-state index is 11.5. The standard InChI is InChI=1S/C22H32NO/c1-4-18-23(2,3)19-12-11-17-22(24,20-13-7-5-8-14-20)21-15-9-6-10-16-21/h4-5,7-8,13-14,21,24H,1,6,9-10,15-19H2,2-3H3/q+1/t22-/m0/s1. The van der Waals surface area contributed by atoms with Crippen LogP contribution in [-0.4, -0.2) is 36.8 Å². The minimum Gasteiger partial charge on any atom is -0.384 e. The van der Waals surface area contributed by atoms with Gasteiger partial charge in [0.2, 0.25) is 0 Å². The molecular formula is C22H32NO+. The van der Waals surface area contributed by atoms with E-state index in [-0.39, 0.29) is 0 Å². The Morgan fingerprint density at radius 3 is 2.46 bits per heavy atom. The highest BCUT2D eigenvalue weighted by atomic mass is 16.3. The Morgan fingerprint density at radius 2 is 1.83 bits per heavy atom. The first-order valence-electron chi connectivity index (χ1n) is 9.14. The fourth-order valence-corrected chi connectivity index (χ4v) is 3.67. The number of benzene rings is 1. The van der Waals surface area contributed by atoms with Gasteiger partial charge in [0.1, 0.15) is 12.1 Å². The van der Waals surface area contributed by atoms with Crippen LogP contribution in [0.4, 0.5) is 0 Å². The zero-order chi connectivity index (χ0) is 17.5. The van der Waals surface area contributed by atoms with Gasteiger partial charge >= 0.3 is 0 Å². The summed E-state index contributed by atoms with van der Waals surface area (Å²) in [5, 5.41) is 11.5. The number of hydrogen-bond donors (Lipinski definition) is 1. The Kier molecular flexibility index (Phi) is 6.66. The van der Waals surface area contributed by atoms with E-state index in [4.69, 9.17) is 0 Å². The first kappa shape index (κ1) is 18.8. The van der Waals surface area contributed by atoms with Crippen molar-refractivity contribution in [3.63, 3.8) is 0 Å². The van der Waals surface area contributed by atoms with Crippen molar-refractivity contribution < 1.29 is 9.59 Å². The van der Waals surface area contributed by atoms with E-state index >= 15 is 0 Å². The Balaban J connectivity index is 2.14. The van der Waals surface area contributed by atoms with Gasteiger partial charge in [0.25, 0.3) is 0 Å². The smallest absolute Gasteiger partial charge is 0.140 e. The maximum Gasteiger partial charge on any atom is 0.140 e. The van der Waals surface area contributed by atoms with E-state index in [9.17, 15) is 5.11 Å². The minimum atomic E-state index is -0.815. The predicted molar refractivity (Wildman–Crippen MR) is 101 cm³/mol. The number of likely N-dealkylation sites (N-methyl/N-ethyl adjacent to an activating group) is 1. The third-order valence-electron chi connectivity index (χ3n) is 5.17. The Hall–Kier alpha value is -1.56. The Morgan fingerprint density at radius 1 is 1.17 bits per heavy atom. The van der Waals surface area contributed by atoms with Gasteiger partial charge in [0.15, 0.2) is 0 Å². The lowest BCUT2D eigenvalue weighted by molar-refractivity contribution is -0.877. The molecule has 0 heterocycles. The fraction of sp³-hybridized carbons (Fsp3) is 0.545. The van der Waals surface area contributed by atoms with Gasteiger partial charge in [0, 0.05) is 6.42 Å². The molecule has 1 saturated carbocycles. The molecule has 0 radical (unpaired) electrons. The summed E-state index contributed by atoms with van der Waals surface area (Å²) in [6.07, 6.45) is 8.39. The van der Waals surface area contributed by atoms with Gasteiger partial charge in [-0.25, -0.2) is 0 Å². The van der Waals surface area contributed by atoms with E-state index in [2.05, 4.69) is 32.5 Å². The molecule has 1 aromatic rings. The molecule has 0 aromatic heterocycles. The molecule has 24 heavy (non-hydrogen) atoms. The molecule has 130 valence electrons. The molecule has 1 aliphatic rings. The van der Waals surface area contributed by atoms with Crippen molar-refractivity contribution in [1.82, 2.24) is 0 Å². The van der Waals surface area contributed by atoms with Gasteiger partial charge in [-0.2, -0.15) is 0 Å². The van der Waals surface area contributed by atoms with Crippen LogP contribution in [-0.2, 0) is 5.60 Å². The van der Waals surface area contributed by atoms with E-state index in [0.717, 1.165) is 36.0 Å². The molecule has 1 N–H and O–H groups in total. The average Bonchev–Trinajstić information content (AvgIpc) is 2.60. The van der Waals surface area contributed by atoms with Crippen molar-refractivity contribution in [2.75, 3.05) is 27.2 Å². The molecule has 2 heteroatoms. The molecule has 2 rings (SSSR count). The Labute approximate surface area is 147 Å². The summed E-state index contributed by atoms with van der Waals surface area (Å²) in [5.41, 5.74) is 0.204. The summed E-state index contributed by atoms with van der Waals surface area (Å²) < 4.78 is 0.809. The molecule has 0 aliphatic heterocycles. The number of aliphatic hydroxyl groups is 1. The van der Waals surface area contributed by atoms with E-state index in [1.165, 1.54) is 19.3 Å². The lowest BCUT2D eigenvalue weighted by Gasteiger charge is -2.38.